The van der Waals surface area contributed by atoms with Crippen LogP contribution in [0.1, 0.15) is 12.0 Å². The molecular weight excluding hydrogens is 417 g/mol. The van der Waals surface area contributed by atoms with E-state index in [0.29, 0.717) is 0 Å². The van der Waals surface area contributed by atoms with Gasteiger partial charge < -0.3 is 21.0 Å². The largest absolute Gasteiger partial charge is 0.412 e. The third kappa shape index (κ3) is 5.80. The summed E-state index contributed by atoms with van der Waals surface area (Å²) in [5.74, 6) is 0. The molecule has 156 valence electrons. The van der Waals surface area contributed by atoms with Gasteiger partial charge >= 0.3 is 0 Å². The standard InChI is InChI=1S/C20H25N3OS.2ClH.H2O/c1-21-13-14-9-10-16(22-11-6-12-23(2)3)18-19(24)15-7-4-5-8-17(15)25-20(14)18;;;/h4-5,7-10,21-22H,6,11-13H2,1-3H3;2*1H;1H2. The second-order valence-corrected chi connectivity index (χ2v) is 7.57. The Kier molecular flexibility index (Phi) is 11.6. The maximum atomic E-state index is 13.1. The lowest BCUT2D eigenvalue weighted by molar-refractivity contribution is 0.405. The number of hydrogen-bond acceptors (Lipinski definition) is 5. The minimum atomic E-state index is 0. The van der Waals surface area contributed by atoms with Crippen molar-refractivity contribution < 1.29 is 5.48 Å². The van der Waals surface area contributed by atoms with Gasteiger partial charge in [-0.15, -0.1) is 36.2 Å². The molecule has 0 saturated carbocycles. The fourth-order valence-electron chi connectivity index (χ4n) is 3.05. The molecule has 1 heterocycles. The van der Waals surface area contributed by atoms with Crippen molar-refractivity contribution >= 4 is 62.0 Å². The van der Waals surface area contributed by atoms with Gasteiger partial charge in [0, 0.05) is 33.6 Å². The third-order valence-electron chi connectivity index (χ3n) is 4.27. The zero-order valence-electron chi connectivity index (χ0n) is 16.4. The smallest absolute Gasteiger partial charge is 0.197 e. The van der Waals surface area contributed by atoms with Crippen LogP contribution in [0.4, 0.5) is 5.69 Å². The Bertz CT molecular complexity index is 948. The van der Waals surface area contributed by atoms with Crippen LogP contribution in [0.25, 0.3) is 20.2 Å². The molecule has 5 nitrogen and oxygen atoms in total. The van der Waals surface area contributed by atoms with Gasteiger partial charge in [0.05, 0.1) is 5.39 Å². The highest BCUT2D eigenvalue weighted by molar-refractivity contribution is 7.24. The van der Waals surface area contributed by atoms with E-state index in [4.69, 9.17) is 0 Å². The minimum Gasteiger partial charge on any atom is -0.412 e. The predicted molar refractivity (Wildman–Crippen MR) is 128 cm³/mol. The summed E-state index contributed by atoms with van der Waals surface area (Å²) in [6, 6.07) is 12.1. The molecule has 0 radical (unpaired) electrons. The Morgan fingerprint density at radius 1 is 1.07 bits per heavy atom. The Morgan fingerprint density at radius 3 is 2.46 bits per heavy atom. The maximum Gasteiger partial charge on any atom is 0.197 e. The van der Waals surface area contributed by atoms with E-state index in [1.807, 2.05) is 37.4 Å². The fourth-order valence-corrected chi connectivity index (χ4v) is 4.26. The van der Waals surface area contributed by atoms with Gasteiger partial charge in [0.25, 0.3) is 0 Å². The van der Waals surface area contributed by atoms with Gasteiger partial charge in [0.1, 0.15) is 0 Å². The number of nitrogens with one attached hydrogen (secondary N) is 2. The van der Waals surface area contributed by atoms with Crippen LogP contribution in [0, 0.1) is 0 Å². The lowest BCUT2D eigenvalue weighted by Gasteiger charge is -2.14. The van der Waals surface area contributed by atoms with Crippen LogP contribution in [0.3, 0.4) is 0 Å². The molecule has 0 unspecified atom stereocenters. The predicted octanol–water partition coefficient (Wildman–Crippen LogP) is 3.52. The molecule has 28 heavy (non-hydrogen) atoms. The van der Waals surface area contributed by atoms with E-state index in [0.717, 1.165) is 51.9 Å². The van der Waals surface area contributed by atoms with E-state index in [1.54, 1.807) is 11.3 Å². The Hall–Kier alpha value is -1.41. The van der Waals surface area contributed by atoms with E-state index in [1.165, 1.54) is 5.56 Å². The van der Waals surface area contributed by atoms with Crippen LogP contribution in [0.2, 0.25) is 0 Å². The molecular formula is C20H29Cl2N3O2S. The lowest BCUT2D eigenvalue weighted by Crippen LogP contribution is -2.17. The Labute approximate surface area is 182 Å². The summed E-state index contributed by atoms with van der Waals surface area (Å²) in [6.07, 6.45) is 1.04. The number of nitrogens with zero attached hydrogens (tertiary/aromatic N) is 1. The first-order valence-corrected chi connectivity index (χ1v) is 9.44. The third-order valence-corrected chi connectivity index (χ3v) is 5.52. The monoisotopic (exact) mass is 445 g/mol. The highest BCUT2D eigenvalue weighted by atomic mass is 35.5. The number of benzene rings is 2. The molecule has 4 N–H and O–H groups in total. The summed E-state index contributed by atoms with van der Waals surface area (Å²) in [4.78, 5) is 15.3. The SMILES string of the molecule is CNCc1ccc(NCCCN(C)C)c2c(=O)c3ccccc3sc12.Cl.Cl.O. The van der Waals surface area contributed by atoms with Crippen molar-refractivity contribution in [2.75, 3.05) is 39.5 Å². The quantitative estimate of drug-likeness (QED) is 0.430. The molecule has 3 aromatic rings. The molecule has 3 rings (SSSR count). The Balaban J connectivity index is 0.00000243. The zero-order valence-corrected chi connectivity index (χ0v) is 18.8. The molecule has 0 amide bonds. The van der Waals surface area contributed by atoms with Crippen molar-refractivity contribution in [3.05, 3.63) is 52.2 Å². The van der Waals surface area contributed by atoms with Crippen molar-refractivity contribution in [1.82, 2.24) is 10.2 Å². The molecule has 0 bridgehead atoms. The van der Waals surface area contributed by atoms with Crippen molar-refractivity contribution in [1.29, 1.82) is 0 Å². The highest BCUT2D eigenvalue weighted by Gasteiger charge is 2.13. The summed E-state index contributed by atoms with van der Waals surface area (Å²) in [5.41, 5.74) is 2.24. The van der Waals surface area contributed by atoms with Crippen LogP contribution in [-0.2, 0) is 6.54 Å². The van der Waals surface area contributed by atoms with E-state index >= 15 is 0 Å². The summed E-state index contributed by atoms with van der Waals surface area (Å²) < 4.78 is 2.12. The molecule has 1 aromatic heterocycles. The normalized spacial score (nSPS) is 10.3. The van der Waals surface area contributed by atoms with Gasteiger partial charge in [-0.25, -0.2) is 0 Å². The lowest BCUT2D eigenvalue weighted by atomic mass is 10.1. The first-order chi connectivity index (χ1) is 12.1. The van der Waals surface area contributed by atoms with E-state index in [-0.39, 0.29) is 35.7 Å². The first-order valence-electron chi connectivity index (χ1n) is 8.62. The van der Waals surface area contributed by atoms with Crippen LogP contribution in [0.5, 0.6) is 0 Å². The van der Waals surface area contributed by atoms with Gasteiger partial charge in [0.15, 0.2) is 5.43 Å². The van der Waals surface area contributed by atoms with Crippen LogP contribution in [0.15, 0.2) is 41.2 Å². The summed E-state index contributed by atoms with van der Waals surface area (Å²) in [5, 5.41) is 8.31. The maximum absolute atomic E-state index is 13.1. The second kappa shape index (κ2) is 12.2. The topological polar surface area (TPSA) is 75.9 Å². The summed E-state index contributed by atoms with van der Waals surface area (Å²) in [7, 11) is 6.08. The van der Waals surface area contributed by atoms with E-state index in [9.17, 15) is 4.79 Å². The average molecular weight is 446 g/mol. The van der Waals surface area contributed by atoms with Crippen LogP contribution >= 0.6 is 36.2 Å². The molecule has 0 atom stereocenters. The molecule has 2 aromatic carbocycles. The van der Waals surface area contributed by atoms with Gasteiger partial charge in [0.2, 0.25) is 0 Å². The highest BCUT2D eigenvalue weighted by Crippen LogP contribution is 2.32. The number of anilines is 1. The minimum absolute atomic E-state index is 0. The number of rotatable bonds is 7. The van der Waals surface area contributed by atoms with E-state index < -0.39 is 0 Å². The molecule has 0 spiro atoms. The fraction of sp³-hybridized carbons (Fsp3) is 0.350. The summed E-state index contributed by atoms with van der Waals surface area (Å²) >= 11 is 1.70. The van der Waals surface area contributed by atoms with Crippen LogP contribution in [-0.4, -0.2) is 44.6 Å². The van der Waals surface area contributed by atoms with Crippen LogP contribution < -0.4 is 16.1 Å². The molecule has 0 aliphatic carbocycles. The molecule has 0 fully saturated rings. The zero-order chi connectivity index (χ0) is 17.8. The van der Waals surface area contributed by atoms with Crippen molar-refractivity contribution in [2.24, 2.45) is 0 Å². The first kappa shape index (κ1) is 26.6. The van der Waals surface area contributed by atoms with E-state index in [2.05, 4.69) is 35.7 Å². The Morgan fingerprint density at radius 2 is 1.79 bits per heavy atom. The van der Waals surface area contributed by atoms with Crippen molar-refractivity contribution in [3.8, 4) is 0 Å². The second-order valence-electron chi connectivity index (χ2n) is 6.52. The van der Waals surface area contributed by atoms with Crippen molar-refractivity contribution in [3.63, 3.8) is 0 Å². The average Bonchev–Trinajstić information content (AvgIpc) is 2.60. The summed E-state index contributed by atoms with van der Waals surface area (Å²) in [6.45, 7) is 2.64. The number of hydrogen-bond donors (Lipinski definition) is 2. The van der Waals surface area contributed by atoms with Gasteiger partial charge in [-0.05, 0) is 57.9 Å². The van der Waals surface area contributed by atoms with Gasteiger partial charge in [-0.1, -0.05) is 18.2 Å². The molecule has 0 aliphatic rings. The number of fused-ring (bicyclic) bond motifs is 2. The molecule has 8 heteroatoms. The van der Waals surface area contributed by atoms with Crippen molar-refractivity contribution in [2.45, 2.75) is 13.0 Å². The number of halogens is 2. The molecule has 0 aliphatic heterocycles. The van der Waals surface area contributed by atoms with Gasteiger partial charge in [-0.2, -0.15) is 0 Å². The van der Waals surface area contributed by atoms with Gasteiger partial charge in [-0.3, -0.25) is 4.79 Å². The molecule has 0 saturated heterocycles.